The van der Waals surface area contributed by atoms with Gasteiger partial charge in [-0.25, -0.2) is 4.84 Å². The molecule has 0 bridgehead atoms. The van der Waals surface area contributed by atoms with Gasteiger partial charge < -0.3 is 4.74 Å². The number of nitrogens with one attached hydrogen (secondary N) is 1. The fraction of sp³-hybridized carbons (Fsp3) is 0.250. The van der Waals surface area contributed by atoms with Crippen molar-refractivity contribution in [1.82, 2.24) is 4.84 Å². The highest BCUT2D eigenvalue weighted by Crippen LogP contribution is 2.10. The molecule has 1 aromatic carbocycles. The van der Waals surface area contributed by atoms with E-state index in [1.807, 2.05) is 24.3 Å². The van der Waals surface area contributed by atoms with Gasteiger partial charge in [0.05, 0.1) is 7.11 Å². The van der Waals surface area contributed by atoms with Crippen LogP contribution in [0.25, 0.3) is 0 Å². The molecule has 0 atom stereocenters. The Bertz CT molecular complexity index is 210. The highest BCUT2D eigenvalue weighted by molar-refractivity contribution is 6.13. The van der Waals surface area contributed by atoms with Crippen LogP contribution in [-0.2, 0) is 6.54 Å². The van der Waals surface area contributed by atoms with E-state index in [1.54, 1.807) is 7.11 Å². The number of hydrogen-bond acceptors (Lipinski definition) is 2. The van der Waals surface area contributed by atoms with Gasteiger partial charge in [0, 0.05) is 6.54 Å². The molecule has 0 aliphatic carbocycles. The Balaban J connectivity index is 2.66. The van der Waals surface area contributed by atoms with Gasteiger partial charge >= 0.3 is 0 Å². The van der Waals surface area contributed by atoms with E-state index in [2.05, 4.69) is 4.84 Å². The molecule has 0 unspecified atom stereocenters. The first kappa shape index (κ1) is 8.37. The third kappa shape index (κ3) is 2.41. The summed E-state index contributed by atoms with van der Waals surface area (Å²) in [6.07, 6.45) is 0. The van der Waals surface area contributed by atoms with E-state index in [9.17, 15) is 0 Å². The zero-order chi connectivity index (χ0) is 8.10. The van der Waals surface area contributed by atoms with Crippen LogP contribution < -0.4 is 9.57 Å². The Labute approximate surface area is 71.2 Å². The van der Waals surface area contributed by atoms with Gasteiger partial charge in [-0.2, -0.15) is 0 Å². The van der Waals surface area contributed by atoms with Gasteiger partial charge in [-0.1, -0.05) is 12.1 Å². The van der Waals surface area contributed by atoms with Crippen molar-refractivity contribution in [1.29, 1.82) is 0 Å². The normalized spacial score (nSPS) is 9.64. The molecule has 0 saturated carbocycles. The Hall–Kier alpha value is -0.730. The fourth-order valence-corrected chi connectivity index (χ4v) is 0.975. The minimum Gasteiger partial charge on any atom is -0.497 e. The molecule has 11 heavy (non-hydrogen) atoms. The van der Waals surface area contributed by atoms with Crippen molar-refractivity contribution in [2.45, 2.75) is 6.54 Å². The molecule has 0 saturated heterocycles. The predicted octanol–water partition coefficient (Wildman–Crippen LogP) is 1.94. The minimum atomic E-state index is 0.672. The van der Waals surface area contributed by atoms with Crippen molar-refractivity contribution >= 4 is 11.8 Å². The molecule has 2 nitrogen and oxygen atoms in total. The Morgan fingerprint density at radius 2 is 2.00 bits per heavy atom. The lowest BCUT2D eigenvalue weighted by Crippen LogP contribution is -1.97. The molecular formula is C8H10ClNO. The summed E-state index contributed by atoms with van der Waals surface area (Å²) in [6.45, 7) is 0.672. The van der Waals surface area contributed by atoms with Gasteiger partial charge in [0.25, 0.3) is 0 Å². The summed E-state index contributed by atoms with van der Waals surface area (Å²) in [5, 5.41) is 0. The van der Waals surface area contributed by atoms with E-state index in [0.717, 1.165) is 11.3 Å². The van der Waals surface area contributed by atoms with E-state index >= 15 is 0 Å². The molecule has 0 spiro atoms. The number of ether oxygens (including phenoxy) is 1. The minimum absolute atomic E-state index is 0.672. The molecule has 0 aliphatic rings. The third-order valence-electron chi connectivity index (χ3n) is 1.43. The number of benzene rings is 1. The number of methoxy groups -OCH3 is 1. The van der Waals surface area contributed by atoms with E-state index in [1.165, 1.54) is 0 Å². The SMILES string of the molecule is COc1ccc(CNCl)cc1. The second kappa shape index (κ2) is 4.21. The van der Waals surface area contributed by atoms with Crippen molar-refractivity contribution in [3.05, 3.63) is 29.8 Å². The number of hydrogen-bond donors (Lipinski definition) is 1. The topological polar surface area (TPSA) is 21.3 Å². The van der Waals surface area contributed by atoms with Crippen LogP contribution in [0, 0.1) is 0 Å². The standard InChI is InChI=1S/C8H10ClNO/c1-11-8-4-2-7(3-5-8)6-10-9/h2-5,10H,6H2,1H3. The summed E-state index contributed by atoms with van der Waals surface area (Å²) < 4.78 is 4.99. The Kier molecular flexibility index (Phi) is 3.20. The summed E-state index contributed by atoms with van der Waals surface area (Å²) >= 11 is 5.33. The summed E-state index contributed by atoms with van der Waals surface area (Å²) in [6, 6.07) is 7.75. The van der Waals surface area contributed by atoms with Crippen LogP contribution in [0.3, 0.4) is 0 Å². The highest BCUT2D eigenvalue weighted by atomic mass is 35.5. The molecule has 0 radical (unpaired) electrons. The van der Waals surface area contributed by atoms with Crippen LogP contribution >= 0.6 is 11.8 Å². The Morgan fingerprint density at radius 3 is 2.45 bits per heavy atom. The highest BCUT2D eigenvalue weighted by Gasteiger charge is 1.91. The van der Waals surface area contributed by atoms with Crippen LogP contribution in [0.4, 0.5) is 0 Å². The third-order valence-corrected chi connectivity index (χ3v) is 1.56. The average Bonchev–Trinajstić information content (AvgIpc) is 2.07. The molecule has 0 aliphatic heterocycles. The zero-order valence-electron chi connectivity index (χ0n) is 6.30. The smallest absolute Gasteiger partial charge is 0.118 e. The fourth-order valence-electron chi connectivity index (χ4n) is 0.821. The summed E-state index contributed by atoms with van der Waals surface area (Å²) in [4.78, 5) is 2.55. The molecule has 0 heterocycles. The molecule has 0 aromatic heterocycles. The van der Waals surface area contributed by atoms with Crippen LogP contribution in [0.5, 0.6) is 5.75 Å². The lowest BCUT2D eigenvalue weighted by molar-refractivity contribution is 0.414. The van der Waals surface area contributed by atoms with Gasteiger partial charge in [0.1, 0.15) is 5.75 Å². The first-order valence-corrected chi connectivity index (χ1v) is 3.71. The van der Waals surface area contributed by atoms with E-state index in [4.69, 9.17) is 16.5 Å². The van der Waals surface area contributed by atoms with Gasteiger partial charge in [-0.3, -0.25) is 0 Å². The largest absolute Gasteiger partial charge is 0.497 e. The molecule has 60 valence electrons. The monoisotopic (exact) mass is 171 g/mol. The second-order valence-electron chi connectivity index (χ2n) is 2.16. The average molecular weight is 172 g/mol. The number of halogens is 1. The van der Waals surface area contributed by atoms with Crippen LogP contribution in [-0.4, -0.2) is 7.11 Å². The van der Waals surface area contributed by atoms with Gasteiger partial charge in [-0.05, 0) is 29.5 Å². The zero-order valence-corrected chi connectivity index (χ0v) is 7.06. The van der Waals surface area contributed by atoms with Crippen LogP contribution in [0.1, 0.15) is 5.56 Å². The maximum atomic E-state index is 5.33. The molecule has 3 heteroatoms. The predicted molar refractivity (Wildman–Crippen MR) is 45.7 cm³/mol. The summed E-state index contributed by atoms with van der Waals surface area (Å²) in [7, 11) is 1.65. The maximum absolute atomic E-state index is 5.33. The molecule has 1 aromatic rings. The van der Waals surface area contributed by atoms with Crippen molar-refractivity contribution in [2.75, 3.05) is 7.11 Å². The maximum Gasteiger partial charge on any atom is 0.118 e. The molecular weight excluding hydrogens is 162 g/mol. The van der Waals surface area contributed by atoms with Crippen molar-refractivity contribution in [3.63, 3.8) is 0 Å². The Morgan fingerprint density at radius 1 is 1.36 bits per heavy atom. The summed E-state index contributed by atoms with van der Waals surface area (Å²) in [5.41, 5.74) is 1.14. The van der Waals surface area contributed by atoms with E-state index in [-0.39, 0.29) is 0 Å². The molecule has 1 N–H and O–H groups in total. The van der Waals surface area contributed by atoms with Gasteiger partial charge in [0.15, 0.2) is 0 Å². The molecule has 0 amide bonds. The first-order chi connectivity index (χ1) is 5.36. The lowest BCUT2D eigenvalue weighted by atomic mass is 10.2. The second-order valence-corrected chi connectivity index (χ2v) is 2.43. The van der Waals surface area contributed by atoms with Gasteiger partial charge in [0.2, 0.25) is 0 Å². The number of rotatable bonds is 3. The van der Waals surface area contributed by atoms with Crippen molar-refractivity contribution in [3.8, 4) is 5.75 Å². The van der Waals surface area contributed by atoms with E-state index < -0.39 is 0 Å². The van der Waals surface area contributed by atoms with Crippen LogP contribution in [0.2, 0.25) is 0 Å². The van der Waals surface area contributed by atoms with Gasteiger partial charge in [-0.15, -0.1) is 0 Å². The first-order valence-electron chi connectivity index (χ1n) is 3.33. The van der Waals surface area contributed by atoms with Crippen molar-refractivity contribution in [2.24, 2.45) is 0 Å². The summed E-state index contributed by atoms with van der Waals surface area (Å²) in [5.74, 6) is 0.864. The van der Waals surface area contributed by atoms with Crippen LogP contribution in [0.15, 0.2) is 24.3 Å². The van der Waals surface area contributed by atoms with E-state index in [0.29, 0.717) is 6.54 Å². The lowest BCUT2D eigenvalue weighted by Gasteiger charge is -2.00. The molecule has 0 fully saturated rings. The molecule has 1 rings (SSSR count). The van der Waals surface area contributed by atoms with Crippen molar-refractivity contribution < 1.29 is 4.74 Å². The quantitative estimate of drug-likeness (QED) is 0.702.